The van der Waals surface area contributed by atoms with Crippen LogP contribution < -0.4 is 11.1 Å². The summed E-state index contributed by atoms with van der Waals surface area (Å²) < 4.78 is 16.5. The van der Waals surface area contributed by atoms with Gasteiger partial charge in [0, 0.05) is 37.3 Å². The molecule has 0 spiro atoms. The molecule has 3 N–H and O–H groups in total. The smallest absolute Gasteiger partial charge is 0.254 e. The van der Waals surface area contributed by atoms with Crippen molar-refractivity contribution < 1.29 is 14.0 Å². The van der Waals surface area contributed by atoms with Crippen LogP contribution >= 0.6 is 0 Å². The Kier molecular flexibility index (Phi) is 6.76. The highest BCUT2D eigenvalue weighted by molar-refractivity contribution is 6.02. The van der Waals surface area contributed by atoms with Crippen LogP contribution in [0.3, 0.4) is 0 Å². The van der Waals surface area contributed by atoms with Gasteiger partial charge < -0.3 is 11.1 Å². The number of anilines is 1. The number of amides is 2. The summed E-state index contributed by atoms with van der Waals surface area (Å²) in [6.45, 7) is 1.92. The molecule has 1 aliphatic carbocycles. The van der Waals surface area contributed by atoms with Gasteiger partial charge in [0.05, 0.1) is 18.0 Å². The van der Waals surface area contributed by atoms with Crippen LogP contribution in [0.25, 0.3) is 11.1 Å². The van der Waals surface area contributed by atoms with Gasteiger partial charge in [-0.05, 0) is 42.9 Å². The molecule has 1 aromatic heterocycles. The van der Waals surface area contributed by atoms with E-state index >= 15 is 0 Å². The van der Waals surface area contributed by atoms with E-state index in [4.69, 9.17) is 5.73 Å². The van der Waals surface area contributed by atoms with Crippen LogP contribution in [0.5, 0.6) is 0 Å². The van der Waals surface area contributed by atoms with E-state index in [9.17, 15) is 19.2 Å². The van der Waals surface area contributed by atoms with Crippen molar-refractivity contribution in [3.05, 3.63) is 71.7 Å². The monoisotopic (exact) mass is 500 g/mol. The lowest BCUT2D eigenvalue weighted by Gasteiger charge is -2.40. The standard InChI is InChI=1S/C28H29FN6O2/c29-24-16-19(6-9-22(24)20-4-2-1-3-5-20)17-34-14-11-28(10-13-30,12-15-34)35-18-23(25(31)36)26(33-35)32-27(37)21-7-8-21/h1-6,9,16,18,21H,7-8,10-12,14-15,17H2,(H2,31,36)(H,32,33,37). The molecule has 2 fully saturated rings. The molecule has 0 atom stereocenters. The summed E-state index contributed by atoms with van der Waals surface area (Å²) in [7, 11) is 0. The largest absolute Gasteiger partial charge is 0.365 e. The van der Waals surface area contributed by atoms with E-state index in [-0.39, 0.29) is 35.4 Å². The van der Waals surface area contributed by atoms with Crippen LogP contribution in [0.2, 0.25) is 0 Å². The van der Waals surface area contributed by atoms with Gasteiger partial charge >= 0.3 is 0 Å². The number of nitrogens with one attached hydrogen (secondary N) is 1. The second-order valence-corrected chi connectivity index (χ2v) is 9.98. The summed E-state index contributed by atoms with van der Waals surface area (Å²) in [5.41, 5.74) is 7.37. The Labute approximate surface area is 214 Å². The number of aromatic nitrogens is 2. The molecule has 2 aliphatic rings. The summed E-state index contributed by atoms with van der Waals surface area (Å²) in [5, 5.41) is 16.9. The summed E-state index contributed by atoms with van der Waals surface area (Å²) in [6, 6.07) is 17.1. The molecule has 1 aliphatic heterocycles. The predicted molar refractivity (Wildman–Crippen MR) is 137 cm³/mol. The lowest BCUT2D eigenvalue weighted by molar-refractivity contribution is -0.117. The summed E-state index contributed by atoms with van der Waals surface area (Å²) in [5.74, 6) is -0.993. The van der Waals surface area contributed by atoms with Crippen molar-refractivity contribution in [2.45, 2.75) is 44.2 Å². The van der Waals surface area contributed by atoms with Gasteiger partial charge in [-0.3, -0.25) is 19.2 Å². The molecule has 2 aromatic carbocycles. The fraction of sp³-hybridized carbons (Fsp3) is 0.357. The van der Waals surface area contributed by atoms with Crippen LogP contribution in [0, 0.1) is 23.1 Å². The normalized spacial score (nSPS) is 17.2. The summed E-state index contributed by atoms with van der Waals surface area (Å²) in [4.78, 5) is 26.6. The number of hydrogen-bond acceptors (Lipinski definition) is 5. The molecular formula is C28H29FN6O2. The highest BCUT2D eigenvalue weighted by Gasteiger charge is 2.39. The minimum Gasteiger partial charge on any atom is -0.365 e. The third kappa shape index (κ3) is 5.25. The number of rotatable bonds is 8. The SMILES string of the molecule is N#CCC1(n2cc(C(N)=O)c(NC(=O)C3CC3)n2)CCN(Cc2ccc(-c3ccccc3)c(F)c2)CC1. The molecule has 37 heavy (non-hydrogen) atoms. The molecule has 1 saturated carbocycles. The van der Waals surface area contributed by atoms with Gasteiger partial charge in [0.1, 0.15) is 11.4 Å². The molecule has 9 heteroatoms. The zero-order valence-corrected chi connectivity index (χ0v) is 20.5. The highest BCUT2D eigenvalue weighted by atomic mass is 19.1. The zero-order valence-electron chi connectivity index (χ0n) is 20.5. The Bertz CT molecular complexity index is 1350. The number of halogens is 1. The van der Waals surface area contributed by atoms with Crippen molar-refractivity contribution in [1.82, 2.24) is 14.7 Å². The van der Waals surface area contributed by atoms with Crippen molar-refractivity contribution in [3.63, 3.8) is 0 Å². The Balaban J connectivity index is 1.30. The van der Waals surface area contributed by atoms with Crippen LogP contribution in [0.4, 0.5) is 10.2 Å². The quantitative estimate of drug-likeness (QED) is 0.484. The average molecular weight is 501 g/mol. The molecule has 2 amide bonds. The molecule has 5 rings (SSSR count). The Hall–Kier alpha value is -4.03. The summed E-state index contributed by atoms with van der Waals surface area (Å²) in [6.07, 6.45) is 4.63. The van der Waals surface area contributed by atoms with E-state index in [1.807, 2.05) is 42.5 Å². The first-order valence-corrected chi connectivity index (χ1v) is 12.5. The van der Waals surface area contributed by atoms with Crippen molar-refractivity contribution in [2.24, 2.45) is 11.7 Å². The van der Waals surface area contributed by atoms with Crippen molar-refractivity contribution in [3.8, 4) is 17.2 Å². The molecule has 0 radical (unpaired) electrons. The molecule has 190 valence electrons. The zero-order chi connectivity index (χ0) is 26.0. The molecular weight excluding hydrogens is 471 g/mol. The van der Waals surface area contributed by atoms with Gasteiger partial charge in [0.2, 0.25) is 5.91 Å². The lowest BCUT2D eigenvalue weighted by Crippen LogP contribution is -2.46. The molecule has 8 nitrogen and oxygen atoms in total. The molecule has 0 bridgehead atoms. The number of likely N-dealkylation sites (tertiary alicyclic amines) is 1. The minimum absolute atomic E-state index is 0.0474. The number of nitrogens with two attached hydrogens (primary N) is 1. The number of primary amides is 1. The van der Waals surface area contributed by atoms with Crippen molar-refractivity contribution in [2.75, 3.05) is 18.4 Å². The summed E-state index contributed by atoms with van der Waals surface area (Å²) >= 11 is 0. The van der Waals surface area contributed by atoms with E-state index in [2.05, 4.69) is 21.4 Å². The fourth-order valence-electron chi connectivity index (χ4n) is 4.98. The molecule has 3 aromatic rings. The van der Waals surface area contributed by atoms with Gasteiger partial charge in [-0.1, -0.05) is 42.5 Å². The maximum atomic E-state index is 14.9. The first-order chi connectivity index (χ1) is 17.9. The fourth-order valence-corrected chi connectivity index (χ4v) is 4.98. The number of carbonyl (C=O) groups excluding carboxylic acids is 2. The molecule has 2 heterocycles. The van der Waals surface area contributed by atoms with Crippen molar-refractivity contribution in [1.29, 1.82) is 5.26 Å². The number of hydrogen-bond donors (Lipinski definition) is 2. The lowest BCUT2D eigenvalue weighted by atomic mass is 9.84. The van der Waals surface area contributed by atoms with Gasteiger partial charge in [-0.2, -0.15) is 10.4 Å². The third-order valence-corrected chi connectivity index (χ3v) is 7.37. The van der Waals surface area contributed by atoms with Gasteiger partial charge in [-0.25, -0.2) is 4.39 Å². The second-order valence-electron chi connectivity index (χ2n) is 9.98. The van der Waals surface area contributed by atoms with E-state index in [1.165, 1.54) is 0 Å². The topological polar surface area (TPSA) is 117 Å². The van der Waals surface area contributed by atoms with E-state index < -0.39 is 11.4 Å². The maximum absolute atomic E-state index is 14.9. The third-order valence-electron chi connectivity index (χ3n) is 7.37. The number of carbonyl (C=O) groups is 2. The number of nitriles is 1. The number of benzene rings is 2. The Morgan fingerprint density at radius 1 is 1.16 bits per heavy atom. The molecule has 0 unspecified atom stereocenters. The van der Waals surface area contributed by atoms with Crippen LogP contribution in [0.15, 0.2) is 54.7 Å². The first-order valence-electron chi connectivity index (χ1n) is 12.5. The second kappa shape index (κ2) is 10.1. The van der Waals surface area contributed by atoms with Crippen LogP contribution in [-0.2, 0) is 16.9 Å². The highest BCUT2D eigenvalue weighted by Crippen LogP contribution is 2.36. The van der Waals surface area contributed by atoms with Crippen LogP contribution in [0.1, 0.15) is 48.0 Å². The minimum atomic E-state index is -0.678. The average Bonchev–Trinajstić information content (AvgIpc) is 3.66. The van der Waals surface area contributed by atoms with Gasteiger partial charge in [0.15, 0.2) is 5.82 Å². The van der Waals surface area contributed by atoms with E-state index in [1.54, 1.807) is 16.9 Å². The Morgan fingerprint density at radius 3 is 2.51 bits per heavy atom. The first kappa shape index (κ1) is 24.7. The van der Waals surface area contributed by atoms with Crippen molar-refractivity contribution >= 4 is 17.6 Å². The molecule has 1 saturated heterocycles. The predicted octanol–water partition coefficient (Wildman–Crippen LogP) is 4.04. The van der Waals surface area contributed by atoms with E-state index in [0.717, 1.165) is 24.0 Å². The van der Waals surface area contributed by atoms with Gasteiger partial charge in [0.25, 0.3) is 5.91 Å². The number of piperidine rings is 1. The van der Waals surface area contributed by atoms with E-state index in [0.29, 0.717) is 38.0 Å². The number of nitrogens with zero attached hydrogens (tertiary/aromatic N) is 4. The maximum Gasteiger partial charge on any atom is 0.254 e. The Morgan fingerprint density at radius 2 is 1.89 bits per heavy atom. The van der Waals surface area contributed by atoms with Gasteiger partial charge in [-0.15, -0.1) is 0 Å². The van der Waals surface area contributed by atoms with Crippen LogP contribution in [-0.4, -0.2) is 39.6 Å².